The van der Waals surface area contributed by atoms with Gasteiger partial charge in [0.05, 0.1) is 17.9 Å². The van der Waals surface area contributed by atoms with E-state index >= 15 is 0 Å². The largest absolute Gasteiger partial charge is 0.396 e. The third kappa shape index (κ3) is 4.09. The molecule has 4 aliphatic rings. The van der Waals surface area contributed by atoms with Crippen molar-refractivity contribution in [3.63, 3.8) is 0 Å². The molecule has 1 spiro atoms. The van der Waals surface area contributed by atoms with Crippen LogP contribution >= 0.6 is 0 Å². The molecule has 4 heterocycles. The summed E-state index contributed by atoms with van der Waals surface area (Å²) >= 11 is 0. The second kappa shape index (κ2) is 10.2. The fraction of sp³-hybridized carbons (Fsp3) is 0.731. The Kier molecular flexibility index (Phi) is 7.48. The molecule has 0 saturated carbocycles. The van der Waals surface area contributed by atoms with Gasteiger partial charge in [-0.2, -0.15) is 0 Å². The zero-order valence-electron chi connectivity index (χ0n) is 20.7. The molecule has 4 rings (SSSR count). The van der Waals surface area contributed by atoms with Gasteiger partial charge in [0.15, 0.2) is 0 Å². The van der Waals surface area contributed by atoms with Crippen LogP contribution in [0.2, 0.25) is 0 Å². The van der Waals surface area contributed by atoms with Gasteiger partial charge in [0, 0.05) is 39.3 Å². The maximum Gasteiger partial charge on any atom is 0.249 e. The monoisotopic (exact) mass is 473 g/mol. The van der Waals surface area contributed by atoms with Crippen LogP contribution in [0.15, 0.2) is 24.3 Å². The Hall–Kier alpha value is -2.19. The van der Waals surface area contributed by atoms with Crippen molar-refractivity contribution in [2.45, 2.75) is 76.2 Å². The number of hydrogen-bond acceptors (Lipinski definition) is 5. The van der Waals surface area contributed by atoms with Crippen molar-refractivity contribution in [1.82, 2.24) is 14.7 Å². The quantitative estimate of drug-likeness (QED) is 0.407. The zero-order valence-corrected chi connectivity index (χ0v) is 20.7. The van der Waals surface area contributed by atoms with E-state index in [1.54, 1.807) is 16.8 Å². The molecule has 0 radical (unpaired) electrons. The smallest absolute Gasteiger partial charge is 0.249 e. The lowest BCUT2D eigenvalue weighted by Gasteiger charge is -2.37. The Balaban J connectivity index is 1.71. The highest BCUT2D eigenvalue weighted by Crippen LogP contribution is 2.53. The Morgan fingerprint density at radius 2 is 1.85 bits per heavy atom. The minimum atomic E-state index is -1.13. The van der Waals surface area contributed by atoms with E-state index in [4.69, 9.17) is 9.84 Å². The first-order valence-corrected chi connectivity index (χ1v) is 12.9. The van der Waals surface area contributed by atoms with Crippen molar-refractivity contribution in [1.29, 1.82) is 0 Å². The lowest BCUT2D eigenvalue weighted by atomic mass is 9.77. The molecule has 0 aromatic rings. The van der Waals surface area contributed by atoms with Gasteiger partial charge in [-0.25, -0.2) is 0 Å². The molecular formula is C26H39N3O5. The summed E-state index contributed by atoms with van der Waals surface area (Å²) in [6.07, 6.45) is 12.2. The van der Waals surface area contributed by atoms with Crippen LogP contribution in [0, 0.1) is 11.8 Å². The van der Waals surface area contributed by atoms with Gasteiger partial charge < -0.3 is 24.5 Å². The minimum Gasteiger partial charge on any atom is -0.396 e. The van der Waals surface area contributed by atoms with Crippen molar-refractivity contribution in [3.05, 3.63) is 24.3 Å². The van der Waals surface area contributed by atoms with E-state index in [2.05, 4.69) is 13.8 Å². The molecule has 2 fully saturated rings. The number of ether oxygens (including phenoxy) is 1. The third-order valence-electron chi connectivity index (χ3n) is 7.94. The van der Waals surface area contributed by atoms with Crippen LogP contribution in [0.4, 0.5) is 0 Å². The molecule has 8 nitrogen and oxygen atoms in total. The first-order chi connectivity index (χ1) is 16.4. The average molecular weight is 474 g/mol. The summed E-state index contributed by atoms with van der Waals surface area (Å²) in [4.78, 5) is 46.6. The predicted octanol–water partition coefficient (Wildman–Crippen LogP) is 1.74. The molecule has 188 valence electrons. The second-order valence-corrected chi connectivity index (χ2v) is 10.2. The fourth-order valence-electron chi connectivity index (χ4n) is 6.24. The molecule has 1 N–H and O–H groups in total. The molecule has 0 bridgehead atoms. The molecule has 2 unspecified atom stereocenters. The number of aliphatic hydroxyl groups excluding tert-OH is 1. The number of hydrogen-bond donors (Lipinski definition) is 1. The normalized spacial score (nSPS) is 33.6. The maximum atomic E-state index is 14.1. The van der Waals surface area contributed by atoms with E-state index in [0.717, 1.165) is 38.5 Å². The van der Waals surface area contributed by atoms with Gasteiger partial charge in [-0.1, -0.05) is 50.5 Å². The molecular weight excluding hydrogens is 434 g/mol. The zero-order chi connectivity index (χ0) is 24.5. The van der Waals surface area contributed by atoms with E-state index in [-0.39, 0.29) is 30.4 Å². The Labute approximate surface area is 202 Å². The van der Waals surface area contributed by atoms with Gasteiger partial charge in [-0.3, -0.25) is 14.4 Å². The van der Waals surface area contributed by atoms with Crippen LogP contribution in [0.25, 0.3) is 0 Å². The van der Waals surface area contributed by atoms with E-state index in [0.29, 0.717) is 19.6 Å². The molecule has 2 saturated heterocycles. The Bertz CT molecular complexity index is 857. The number of likely N-dealkylation sites (tertiary alicyclic amines) is 1. The molecule has 8 heteroatoms. The molecule has 0 aliphatic carbocycles. The van der Waals surface area contributed by atoms with E-state index < -0.39 is 29.6 Å². The van der Waals surface area contributed by atoms with E-state index in [1.807, 2.05) is 29.2 Å². The molecule has 34 heavy (non-hydrogen) atoms. The third-order valence-corrected chi connectivity index (χ3v) is 7.94. The van der Waals surface area contributed by atoms with Crippen LogP contribution in [0.3, 0.4) is 0 Å². The number of likely N-dealkylation sites (N-methyl/N-ethyl adjacent to an activating group) is 1. The van der Waals surface area contributed by atoms with Crippen molar-refractivity contribution in [3.8, 4) is 0 Å². The van der Waals surface area contributed by atoms with Crippen LogP contribution in [0.5, 0.6) is 0 Å². The highest BCUT2D eigenvalue weighted by molar-refractivity contribution is 5.99. The summed E-state index contributed by atoms with van der Waals surface area (Å²) in [5, 5.41) is 9.07. The number of unbranched alkanes of at least 4 members (excludes halogenated alkanes) is 3. The summed E-state index contributed by atoms with van der Waals surface area (Å²) in [6.45, 7) is 5.73. The molecule has 0 aromatic carbocycles. The summed E-state index contributed by atoms with van der Waals surface area (Å²) in [7, 11) is 1.75. The van der Waals surface area contributed by atoms with Crippen molar-refractivity contribution >= 4 is 17.7 Å². The summed E-state index contributed by atoms with van der Waals surface area (Å²) in [6, 6.07) is -0.711. The van der Waals surface area contributed by atoms with Crippen molar-refractivity contribution in [2.24, 2.45) is 11.8 Å². The topological polar surface area (TPSA) is 90.4 Å². The van der Waals surface area contributed by atoms with Crippen LogP contribution in [-0.2, 0) is 19.1 Å². The minimum absolute atomic E-state index is 0.0531. The molecule has 6 atom stereocenters. The van der Waals surface area contributed by atoms with Crippen LogP contribution in [0.1, 0.15) is 52.4 Å². The standard InChI is InChI=1S/C26H39N3O5/c1-4-11-18(2)28-16-10-13-26-21(20-19(34-26)12-9-14-27(3)23(20)31)24(32)29(22(26)25(28)33)15-7-5-6-8-17-30/h9-10,12-13,18-22,30H,4-8,11,14-17H2,1-3H3/t18?,19-,20+,21+,22?,26+/m1/s1. The highest BCUT2D eigenvalue weighted by Gasteiger charge is 2.71. The summed E-state index contributed by atoms with van der Waals surface area (Å²) < 4.78 is 6.60. The number of amides is 3. The lowest BCUT2D eigenvalue weighted by Crippen LogP contribution is -2.56. The van der Waals surface area contributed by atoms with Crippen molar-refractivity contribution in [2.75, 3.05) is 33.3 Å². The highest BCUT2D eigenvalue weighted by atomic mass is 16.5. The number of rotatable bonds is 9. The van der Waals surface area contributed by atoms with Gasteiger partial charge in [-0.15, -0.1) is 0 Å². The second-order valence-electron chi connectivity index (χ2n) is 10.2. The van der Waals surface area contributed by atoms with Crippen molar-refractivity contribution < 1.29 is 24.2 Å². The number of aliphatic hydroxyl groups is 1. The predicted molar refractivity (Wildman–Crippen MR) is 128 cm³/mol. The Morgan fingerprint density at radius 1 is 1.09 bits per heavy atom. The Morgan fingerprint density at radius 3 is 2.59 bits per heavy atom. The first-order valence-electron chi connectivity index (χ1n) is 12.9. The van der Waals surface area contributed by atoms with Gasteiger partial charge in [0.25, 0.3) is 0 Å². The van der Waals surface area contributed by atoms with Gasteiger partial charge in [0.1, 0.15) is 11.6 Å². The summed E-state index contributed by atoms with van der Waals surface area (Å²) in [5.74, 6) is -1.68. The summed E-state index contributed by atoms with van der Waals surface area (Å²) in [5.41, 5.74) is -1.13. The average Bonchev–Trinajstić information content (AvgIpc) is 3.12. The fourth-order valence-corrected chi connectivity index (χ4v) is 6.24. The van der Waals surface area contributed by atoms with Crippen LogP contribution in [-0.4, -0.2) is 94.6 Å². The SMILES string of the molecule is CCCC(C)N1CC=C[C@]23O[C@@H]4C=CCN(C)C(=O)[C@@H]4[C@H]2C(=O)N(CCCCCCO)C3C1=O. The van der Waals surface area contributed by atoms with Gasteiger partial charge >= 0.3 is 0 Å². The number of carbonyl (C=O) groups is 3. The molecule has 3 amide bonds. The van der Waals surface area contributed by atoms with E-state index in [9.17, 15) is 14.4 Å². The maximum absolute atomic E-state index is 14.1. The van der Waals surface area contributed by atoms with E-state index in [1.165, 1.54) is 0 Å². The molecule has 0 aromatic heterocycles. The van der Waals surface area contributed by atoms with Gasteiger partial charge in [-0.05, 0) is 26.2 Å². The molecule has 4 aliphatic heterocycles. The lowest BCUT2D eigenvalue weighted by molar-refractivity contribution is -0.149. The number of fused-ring (bicyclic) bond motifs is 2. The van der Waals surface area contributed by atoms with Crippen LogP contribution < -0.4 is 0 Å². The number of nitrogens with zero attached hydrogens (tertiary/aromatic N) is 3. The first kappa shape index (κ1) is 24.9. The number of carbonyl (C=O) groups excluding carboxylic acids is 3. The van der Waals surface area contributed by atoms with Gasteiger partial charge in [0.2, 0.25) is 17.7 Å².